The Kier molecular flexibility index (Phi) is 11.0. The first kappa shape index (κ1) is 46.8. The van der Waals surface area contributed by atoms with Crippen LogP contribution in [0.4, 0.5) is 0 Å². The van der Waals surface area contributed by atoms with Gasteiger partial charge in [0.25, 0.3) is 0 Å². The third-order valence-corrected chi connectivity index (χ3v) is 20.3. The van der Waals surface area contributed by atoms with Gasteiger partial charge in [-0.15, -0.1) is 0 Å². The number of benzene rings is 4. The molecule has 0 radical (unpaired) electrons. The van der Waals surface area contributed by atoms with Gasteiger partial charge in [-0.25, -0.2) is 0 Å². The van der Waals surface area contributed by atoms with Crippen LogP contribution in [-0.4, -0.2) is 0 Å². The van der Waals surface area contributed by atoms with Crippen molar-refractivity contribution in [2.24, 2.45) is 0 Å². The van der Waals surface area contributed by atoms with Crippen LogP contribution in [0.25, 0.3) is 17.7 Å². The van der Waals surface area contributed by atoms with E-state index in [1.54, 1.807) is 62.2 Å². The predicted molar refractivity (Wildman–Crippen MR) is 272 cm³/mol. The van der Waals surface area contributed by atoms with E-state index in [4.69, 9.17) is 0 Å². The van der Waals surface area contributed by atoms with Gasteiger partial charge in [0.05, 0.1) is 0 Å². The molecule has 63 heavy (non-hydrogen) atoms. The minimum atomic E-state index is -1.48. The summed E-state index contributed by atoms with van der Waals surface area (Å²) in [4.78, 5) is 0. The van der Waals surface area contributed by atoms with Crippen LogP contribution in [0.3, 0.4) is 0 Å². The summed E-state index contributed by atoms with van der Waals surface area (Å²) in [5.41, 5.74) is 25.6. The molecule has 8 rings (SSSR count). The summed E-state index contributed by atoms with van der Waals surface area (Å²) < 4.78 is 3.45. The second kappa shape index (κ2) is 14.9. The fourth-order valence-corrected chi connectivity index (χ4v) is 15.5. The van der Waals surface area contributed by atoms with Gasteiger partial charge in [-0.05, 0) is 0 Å². The first-order chi connectivity index (χ1) is 28.7. The Bertz CT molecular complexity index is 2350. The second-order valence-electron chi connectivity index (χ2n) is 27.4. The maximum atomic E-state index is 2.75. The molecule has 0 spiro atoms. The van der Waals surface area contributed by atoms with Crippen LogP contribution >= 0.6 is 0 Å². The SMILES string of the molecule is CC(C)(C)c1cc(C2=[C]([Zr][C]3=C(c4cc(C(C)(C)C)cc(C(C)(C)C)c4)Cc4cc5c(cc43)C(C)(C)CCC5(C)C)c3cc4c(cc3C2)C(C)(C)CCC4(C)C)cc(C(C)(C)C)c1. The Labute approximate surface area is 397 Å². The summed E-state index contributed by atoms with van der Waals surface area (Å²) >= 11 is -1.48. The number of fused-ring (bicyclic) bond motifs is 4. The van der Waals surface area contributed by atoms with E-state index in [2.05, 4.69) is 199 Å². The van der Waals surface area contributed by atoms with E-state index >= 15 is 0 Å². The summed E-state index contributed by atoms with van der Waals surface area (Å²) in [5, 5.41) is 0. The first-order valence-electron chi connectivity index (χ1n) is 24.6. The summed E-state index contributed by atoms with van der Waals surface area (Å²) in [7, 11) is 0. The van der Waals surface area contributed by atoms with Crippen molar-refractivity contribution in [3.63, 3.8) is 0 Å². The molecular weight excluding hydrogens is 836 g/mol. The van der Waals surface area contributed by atoms with Gasteiger partial charge >= 0.3 is 400 Å². The molecule has 0 nitrogen and oxygen atoms in total. The van der Waals surface area contributed by atoms with E-state index < -0.39 is 23.2 Å². The quantitative estimate of drug-likeness (QED) is 0.191. The second-order valence-corrected chi connectivity index (χ2v) is 30.5. The standard InChI is InChI=1S/2C31H41.Zr/c2*1-28(2,3)24-15-23(16-25(19-24)29(4,5)6)20-13-21-17-26-27(18-22(21)14-20)31(9,10)12-11-30(26,7)8;/h2*15-19H,11-13H2,1-10H3;. The van der Waals surface area contributed by atoms with Gasteiger partial charge in [0, 0.05) is 0 Å². The maximum absolute atomic E-state index is 2.75. The monoisotopic (exact) mass is 917 g/mol. The van der Waals surface area contributed by atoms with Crippen LogP contribution in [0, 0.1) is 0 Å². The molecule has 0 saturated heterocycles. The van der Waals surface area contributed by atoms with Crippen LogP contribution in [0.1, 0.15) is 242 Å². The zero-order valence-electron chi connectivity index (χ0n) is 43.5. The Morgan fingerprint density at radius 3 is 0.857 bits per heavy atom. The zero-order valence-corrected chi connectivity index (χ0v) is 46.0. The van der Waals surface area contributed by atoms with E-state index in [1.807, 2.05) is 0 Å². The predicted octanol–water partition coefficient (Wildman–Crippen LogP) is 17.2. The van der Waals surface area contributed by atoms with Crippen molar-refractivity contribution in [3.8, 4) is 0 Å². The van der Waals surface area contributed by atoms with Crippen LogP contribution in [-0.2, 0) is 79.4 Å². The zero-order chi connectivity index (χ0) is 46.4. The fraction of sp³-hybridized carbons (Fsp3) is 0.548. The molecule has 0 heterocycles. The van der Waals surface area contributed by atoms with Crippen molar-refractivity contribution in [1.29, 1.82) is 0 Å². The molecule has 0 bridgehead atoms. The van der Waals surface area contributed by atoms with E-state index in [0.717, 1.165) is 12.8 Å². The Morgan fingerprint density at radius 2 is 0.603 bits per heavy atom. The molecule has 0 aromatic heterocycles. The Morgan fingerprint density at radius 1 is 0.349 bits per heavy atom. The summed E-state index contributed by atoms with van der Waals surface area (Å²) in [6, 6.07) is 26.4. The topological polar surface area (TPSA) is 0 Å². The molecule has 4 aromatic carbocycles. The first-order valence-corrected chi connectivity index (χ1v) is 27.1. The molecule has 4 aliphatic rings. The van der Waals surface area contributed by atoms with Gasteiger partial charge in [-0.2, -0.15) is 0 Å². The minimum absolute atomic E-state index is 0.0535. The van der Waals surface area contributed by atoms with Crippen LogP contribution < -0.4 is 0 Å². The number of rotatable bonds is 4. The number of hydrogen-bond acceptors (Lipinski definition) is 0. The van der Waals surface area contributed by atoms with Gasteiger partial charge in [0.1, 0.15) is 0 Å². The average Bonchev–Trinajstić information content (AvgIpc) is 3.70. The van der Waals surface area contributed by atoms with Crippen molar-refractivity contribution in [2.45, 2.75) is 220 Å². The molecule has 0 amide bonds. The van der Waals surface area contributed by atoms with E-state index in [9.17, 15) is 0 Å². The summed E-state index contributed by atoms with van der Waals surface area (Å²) in [6.07, 6.45) is 7.02. The van der Waals surface area contributed by atoms with Crippen LogP contribution in [0.15, 0.2) is 60.7 Å². The number of allylic oxidation sites excluding steroid dienone is 2. The molecule has 0 fully saturated rings. The van der Waals surface area contributed by atoms with Crippen LogP contribution in [0.5, 0.6) is 0 Å². The van der Waals surface area contributed by atoms with Gasteiger partial charge in [0.2, 0.25) is 0 Å². The normalized spacial score (nSPS) is 20.1. The van der Waals surface area contributed by atoms with Gasteiger partial charge < -0.3 is 0 Å². The molecule has 4 aliphatic carbocycles. The van der Waals surface area contributed by atoms with Crippen molar-refractivity contribution < 1.29 is 23.2 Å². The molecule has 334 valence electrons. The fourth-order valence-electron chi connectivity index (χ4n) is 11.2. The Hall–Kier alpha value is -2.76. The van der Waals surface area contributed by atoms with Crippen molar-refractivity contribution in [3.05, 3.63) is 139 Å². The van der Waals surface area contributed by atoms with E-state index in [0.29, 0.717) is 0 Å². The summed E-state index contributed by atoms with van der Waals surface area (Å²) in [5.74, 6) is 0. The molecule has 0 atom stereocenters. The average molecular weight is 919 g/mol. The molecule has 0 saturated carbocycles. The van der Waals surface area contributed by atoms with Crippen LogP contribution in [0.2, 0.25) is 0 Å². The third-order valence-electron chi connectivity index (χ3n) is 16.3. The van der Waals surface area contributed by atoms with Crippen molar-refractivity contribution >= 4 is 17.7 Å². The molecular formula is C62H82Zr. The number of hydrogen-bond donors (Lipinski definition) is 0. The van der Waals surface area contributed by atoms with Gasteiger partial charge in [0.15, 0.2) is 0 Å². The van der Waals surface area contributed by atoms with Gasteiger partial charge in [-0.1, -0.05) is 0 Å². The third kappa shape index (κ3) is 8.49. The Balaban J connectivity index is 1.46. The van der Waals surface area contributed by atoms with E-state index in [-0.39, 0.29) is 43.3 Å². The van der Waals surface area contributed by atoms with Gasteiger partial charge in [-0.3, -0.25) is 0 Å². The molecule has 0 unspecified atom stereocenters. The molecule has 0 N–H and O–H groups in total. The van der Waals surface area contributed by atoms with Crippen molar-refractivity contribution in [1.82, 2.24) is 0 Å². The van der Waals surface area contributed by atoms with E-state index in [1.165, 1.54) is 59.1 Å². The summed E-state index contributed by atoms with van der Waals surface area (Å²) in [6.45, 7) is 48.9. The molecule has 1 heteroatoms. The molecule has 4 aromatic rings. The van der Waals surface area contributed by atoms with Crippen molar-refractivity contribution in [2.75, 3.05) is 0 Å². The molecule has 0 aliphatic heterocycles.